The van der Waals surface area contributed by atoms with Crippen molar-refractivity contribution in [3.8, 4) is 5.75 Å². The van der Waals surface area contributed by atoms with Crippen molar-refractivity contribution in [2.45, 2.75) is 26.3 Å². The van der Waals surface area contributed by atoms with Crippen molar-refractivity contribution in [2.24, 2.45) is 5.41 Å². The molecule has 2 N–H and O–H groups in total. The molecule has 0 bridgehead atoms. The number of rotatable bonds is 4. The summed E-state index contributed by atoms with van der Waals surface area (Å²) in [5, 5.41) is 12.4. The summed E-state index contributed by atoms with van der Waals surface area (Å²) in [6, 6.07) is 3.51. The van der Waals surface area contributed by atoms with Crippen LogP contribution in [0.4, 0.5) is 0 Å². The fourth-order valence-corrected chi connectivity index (χ4v) is 1.40. The zero-order valence-electron chi connectivity index (χ0n) is 8.45. The van der Waals surface area contributed by atoms with Gasteiger partial charge in [-0.1, -0.05) is 6.92 Å². The summed E-state index contributed by atoms with van der Waals surface area (Å²) in [4.78, 5) is 4.11. The maximum Gasteiger partial charge on any atom is 0.133 e. The first-order valence-electron chi connectivity index (χ1n) is 5.03. The van der Waals surface area contributed by atoms with Gasteiger partial charge in [-0.15, -0.1) is 0 Å². The molecule has 0 radical (unpaired) electrons. The van der Waals surface area contributed by atoms with Gasteiger partial charge in [0, 0.05) is 13.1 Å². The topological polar surface area (TPSA) is 45.1 Å². The van der Waals surface area contributed by atoms with Crippen LogP contribution in [0.2, 0.25) is 0 Å². The second kappa shape index (κ2) is 3.58. The summed E-state index contributed by atoms with van der Waals surface area (Å²) in [6.07, 6.45) is 4.15. The highest BCUT2D eigenvalue weighted by Gasteiger charge is 2.36. The van der Waals surface area contributed by atoms with Gasteiger partial charge in [0.15, 0.2) is 0 Å². The Balaban J connectivity index is 1.77. The number of pyridine rings is 1. The molecule has 0 unspecified atom stereocenters. The van der Waals surface area contributed by atoms with Gasteiger partial charge < -0.3 is 10.4 Å². The van der Waals surface area contributed by atoms with E-state index in [-0.39, 0.29) is 5.75 Å². The second-order valence-corrected chi connectivity index (χ2v) is 4.42. The Morgan fingerprint density at radius 3 is 2.86 bits per heavy atom. The van der Waals surface area contributed by atoms with Gasteiger partial charge in [0.25, 0.3) is 0 Å². The van der Waals surface area contributed by atoms with E-state index in [1.165, 1.54) is 19.0 Å². The zero-order chi connectivity index (χ0) is 10.0. The molecule has 1 fully saturated rings. The molecule has 1 aliphatic rings. The number of hydrogen-bond donors (Lipinski definition) is 2. The second-order valence-electron chi connectivity index (χ2n) is 4.42. The quantitative estimate of drug-likeness (QED) is 0.762. The minimum Gasteiger partial charge on any atom is -0.506 e. The SMILES string of the molecule is CC1(CNCc2ccc(O)cn2)CC1. The molecular formula is C11H16N2O. The van der Waals surface area contributed by atoms with Crippen LogP contribution in [0.15, 0.2) is 18.3 Å². The number of hydrogen-bond acceptors (Lipinski definition) is 3. The van der Waals surface area contributed by atoms with E-state index in [4.69, 9.17) is 5.11 Å². The van der Waals surface area contributed by atoms with Gasteiger partial charge in [-0.2, -0.15) is 0 Å². The lowest BCUT2D eigenvalue weighted by atomic mass is 10.1. The lowest BCUT2D eigenvalue weighted by molar-refractivity contribution is 0.470. The van der Waals surface area contributed by atoms with E-state index in [9.17, 15) is 0 Å². The Kier molecular flexibility index (Phi) is 2.42. The first-order chi connectivity index (χ1) is 6.68. The van der Waals surface area contributed by atoms with E-state index >= 15 is 0 Å². The lowest BCUT2D eigenvalue weighted by Crippen LogP contribution is -2.21. The largest absolute Gasteiger partial charge is 0.506 e. The van der Waals surface area contributed by atoms with Crippen molar-refractivity contribution >= 4 is 0 Å². The fraction of sp³-hybridized carbons (Fsp3) is 0.545. The van der Waals surface area contributed by atoms with E-state index in [1.54, 1.807) is 6.07 Å². The van der Waals surface area contributed by atoms with Crippen LogP contribution in [-0.2, 0) is 6.54 Å². The van der Waals surface area contributed by atoms with Gasteiger partial charge in [-0.05, 0) is 30.4 Å². The number of nitrogens with zero attached hydrogens (tertiary/aromatic N) is 1. The normalized spacial score (nSPS) is 18.1. The van der Waals surface area contributed by atoms with Crippen molar-refractivity contribution in [1.82, 2.24) is 10.3 Å². The summed E-state index contributed by atoms with van der Waals surface area (Å²) in [5.74, 6) is 0.225. The molecule has 2 rings (SSSR count). The third kappa shape index (κ3) is 2.45. The first-order valence-corrected chi connectivity index (χ1v) is 5.03. The Bertz CT molecular complexity index is 304. The van der Waals surface area contributed by atoms with Crippen LogP contribution in [0.5, 0.6) is 5.75 Å². The van der Waals surface area contributed by atoms with Gasteiger partial charge in [-0.25, -0.2) is 0 Å². The lowest BCUT2D eigenvalue weighted by Gasteiger charge is -2.09. The van der Waals surface area contributed by atoms with E-state index in [1.807, 2.05) is 6.07 Å². The van der Waals surface area contributed by atoms with Crippen LogP contribution in [0.25, 0.3) is 0 Å². The van der Waals surface area contributed by atoms with E-state index < -0.39 is 0 Å². The van der Waals surface area contributed by atoms with Gasteiger partial charge in [0.1, 0.15) is 5.75 Å². The average Bonchev–Trinajstić information content (AvgIpc) is 2.88. The van der Waals surface area contributed by atoms with Crippen LogP contribution in [0, 0.1) is 5.41 Å². The molecule has 0 aliphatic heterocycles. The molecule has 76 valence electrons. The summed E-state index contributed by atoms with van der Waals surface area (Å²) in [6.45, 7) is 4.15. The van der Waals surface area contributed by atoms with Crippen LogP contribution < -0.4 is 5.32 Å². The monoisotopic (exact) mass is 192 g/mol. The third-order valence-corrected chi connectivity index (χ3v) is 2.77. The molecule has 3 nitrogen and oxygen atoms in total. The Labute approximate surface area is 84.2 Å². The molecule has 1 aromatic rings. The maximum absolute atomic E-state index is 9.04. The highest BCUT2D eigenvalue weighted by Crippen LogP contribution is 2.44. The summed E-state index contributed by atoms with van der Waals surface area (Å²) in [5.41, 5.74) is 1.52. The molecule has 0 saturated heterocycles. The molecule has 0 atom stereocenters. The van der Waals surface area contributed by atoms with Crippen molar-refractivity contribution in [1.29, 1.82) is 0 Å². The van der Waals surface area contributed by atoms with Gasteiger partial charge in [-0.3, -0.25) is 4.98 Å². The first kappa shape index (κ1) is 9.46. The predicted octanol–water partition coefficient (Wildman–Crippen LogP) is 1.68. The average molecular weight is 192 g/mol. The van der Waals surface area contributed by atoms with Crippen molar-refractivity contribution < 1.29 is 5.11 Å². The molecule has 1 aromatic heterocycles. The Morgan fingerprint density at radius 1 is 1.50 bits per heavy atom. The fourth-order valence-electron chi connectivity index (χ4n) is 1.40. The van der Waals surface area contributed by atoms with Gasteiger partial charge in [0.2, 0.25) is 0 Å². The van der Waals surface area contributed by atoms with Crippen molar-refractivity contribution in [2.75, 3.05) is 6.54 Å². The molecule has 0 aromatic carbocycles. The predicted molar refractivity (Wildman–Crippen MR) is 54.9 cm³/mol. The number of aromatic hydroxyl groups is 1. The summed E-state index contributed by atoms with van der Waals surface area (Å²) >= 11 is 0. The van der Waals surface area contributed by atoms with E-state index in [0.717, 1.165) is 18.8 Å². The molecule has 1 aliphatic carbocycles. The molecule has 3 heteroatoms. The Hall–Kier alpha value is -1.09. The zero-order valence-corrected chi connectivity index (χ0v) is 8.45. The molecule has 0 amide bonds. The number of nitrogens with one attached hydrogen (secondary N) is 1. The highest BCUT2D eigenvalue weighted by molar-refractivity contribution is 5.17. The highest BCUT2D eigenvalue weighted by atomic mass is 16.3. The van der Waals surface area contributed by atoms with E-state index in [2.05, 4.69) is 17.2 Å². The summed E-state index contributed by atoms with van der Waals surface area (Å²) < 4.78 is 0. The van der Waals surface area contributed by atoms with Gasteiger partial charge >= 0.3 is 0 Å². The number of aromatic nitrogens is 1. The molecule has 14 heavy (non-hydrogen) atoms. The smallest absolute Gasteiger partial charge is 0.133 e. The van der Waals surface area contributed by atoms with Crippen LogP contribution in [0.1, 0.15) is 25.5 Å². The van der Waals surface area contributed by atoms with Crippen molar-refractivity contribution in [3.05, 3.63) is 24.0 Å². The molecule has 0 spiro atoms. The minimum atomic E-state index is 0.225. The van der Waals surface area contributed by atoms with Crippen LogP contribution in [-0.4, -0.2) is 16.6 Å². The Morgan fingerprint density at radius 2 is 2.29 bits per heavy atom. The standard InChI is InChI=1S/C11H16N2O/c1-11(4-5-11)8-12-6-9-2-3-10(14)7-13-9/h2-3,7,12,14H,4-6,8H2,1H3. The maximum atomic E-state index is 9.04. The van der Waals surface area contributed by atoms with Crippen LogP contribution in [0.3, 0.4) is 0 Å². The van der Waals surface area contributed by atoms with E-state index in [0.29, 0.717) is 5.41 Å². The molecule has 1 heterocycles. The van der Waals surface area contributed by atoms with Gasteiger partial charge in [0.05, 0.1) is 11.9 Å². The minimum absolute atomic E-state index is 0.225. The molecular weight excluding hydrogens is 176 g/mol. The third-order valence-electron chi connectivity index (χ3n) is 2.77. The molecule has 1 saturated carbocycles. The van der Waals surface area contributed by atoms with Crippen molar-refractivity contribution in [3.63, 3.8) is 0 Å². The van der Waals surface area contributed by atoms with Crippen LogP contribution >= 0.6 is 0 Å². The summed E-state index contributed by atoms with van der Waals surface area (Å²) in [7, 11) is 0.